The van der Waals surface area contributed by atoms with Crippen LogP contribution in [0, 0.1) is 5.82 Å². The number of pyridine rings is 1. The minimum atomic E-state index is -0.483. The Bertz CT molecular complexity index is 334. The fraction of sp³-hybridized carbons (Fsp3) is 0.583. The van der Waals surface area contributed by atoms with E-state index in [-0.39, 0.29) is 12.4 Å². The third-order valence-electron chi connectivity index (χ3n) is 2.27. The van der Waals surface area contributed by atoms with Gasteiger partial charge in [-0.25, -0.2) is 9.37 Å². The van der Waals surface area contributed by atoms with E-state index in [0.717, 1.165) is 12.8 Å². The maximum absolute atomic E-state index is 13.6. The highest BCUT2D eigenvalue weighted by atomic mass is 19.1. The molecule has 17 heavy (non-hydrogen) atoms. The third-order valence-corrected chi connectivity index (χ3v) is 2.27. The Morgan fingerprint density at radius 2 is 2.18 bits per heavy atom. The number of nitrogens with two attached hydrogens (primary N) is 1. The molecule has 0 spiro atoms. The molecule has 1 aromatic heterocycles. The second kappa shape index (κ2) is 7.97. The zero-order valence-corrected chi connectivity index (χ0v) is 10.1. The molecule has 0 unspecified atom stereocenters. The second-order valence-electron chi connectivity index (χ2n) is 3.61. The SMILES string of the molecule is CCCCOCCOc1nccc(CN)c1F. The molecule has 4 nitrogen and oxygen atoms in total. The number of unbranched alkanes of at least 4 members (excludes halogenated alkanes) is 1. The van der Waals surface area contributed by atoms with E-state index in [1.807, 2.05) is 0 Å². The highest BCUT2D eigenvalue weighted by Crippen LogP contribution is 2.16. The summed E-state index contributed by atoms with van der Waals surface area (Å²) in [6, 6.07) is 1.54. The Hall–Kier alpha value is -1.20. The number of nitrogens with zero attached hydrogens (tertiary/aromatic N) is 1. The summed E-state index contributed by atoms with van der Waals surface area (Å²) in [5, 5.41) is 0. The highest BCUT2D eigenvalue weighted by Gasteiger charge is 2.09. The predicted octanol–water partition coefficient (Wildman–Crippen LogP) is 1.87. The Kier molecular flexibility index (Phi) is 6.50. The van der Waals surface area contributed by atoms with Gasteiger partial charge in [0.1, 0.15) is 6.61 Å². The quantitative estimate of drug-likeness (QED) is 0.707. The average molecular weight is 242 g/mol. The van der Waals surface area contributed by atoms with E-state index in [4.69, 9.17) is 15.2 Å². The van der Waals surface area contributed by atoms with E-state index in [0.29, 0.717) is 25.4 Å². The van der Waals surface area contributed by atoms with Gasteiger partial charge in [0.2, 0.25) is 0 Å². The topological polar surface area (TPSA) is 57.4 Å². The first-order valence-electron chi connectivity index (χ1n) is 5.83. The molecule has 0 saturated carbocycles. The molecule has 0 fully saturated rings. The fourth-order valence-corrected chi connectivity index (χ4v) is 1.27. The van der Waals surface area contributed by atoms with Crippen LogP contribution in [0.15, 0.2) is 12.3 Å². The fourth-order valence-electron chi connectivity index (χ4n) is 1.27. The minimum absolute atomic E-state index is 0.00737. The van der Waals surface area contributed by atoms with Crippen molar-refractivity contribution in [2.45, 2.75) is 26.3 Å². The monoisotopic (exact) mass is 242 g/mol. The van der Waals surface area contributed by atoms with Crippen LogP contribution in [0.4, 0.5) is 4.39 Å². The van der Waals surface area contributed by atoms with Crippen LogP contribution in [0.5, 0.6) is 5.88 Å². The molecule has 0 amide bonds. The van der Waals surface area contributed by atoms with E-state index < -0.39 is 5.82 Å². The summed E-state index contributed by atoms with van der Waals surface area (Å²) in [4.78, 5) is 3.81. The van der Waals surface area contributed by atoms with Crippen LogP contribution in [-0.4, -0.2) is 24.8 Å². The van der Waals surface area contributed by atoms with Crippen molar-refractivity contribution in [2.75, 3.05) is 19.8 Å². The Labute approximate surface area is 101 Å². The molecule has 0 bridgehead atoms. The summed E-state index contributed by atoms with van der Waals surface area (Å²) < 4.78 is 24.1. The lowest BCUT2D eigenvalue weighted by Crippen LogP contribution is -2.10. The Morgan fingerprint density at radius 3 is 2.88 bits per heavy atom. The van der Waals surface area contributed by atoms with Crippen molar-refractivity contribution in [1.29, 1.82) is 0 Å². The molecule has 0 aliphatic carbocycles. The van der Waals surface area contributed by atoms with Crippen LogP contribution in [0.25, 0.3) is 0 Å². The van der Waals surface area contributed by atoms with Gasteiger partial charge in [-0.2, -0.15) is 0 Å². The normalized spacial score (nSPS) is 10.5. The molecule has 1 rings (SSSR count). The van der Waals surface area contributed by atoms with Crippen molar-refractivity contribution in [3.63, 3.8) is 0 Å². The van der Waals surface area contributed by atoms with E-state index in [1.165, 1.54) is 6.20 Å². The molecule has 5 heteroatoms. The smallest absolute Gasteiger partial charge is 0.250 e. The van der Waals surface area contributed by atoms with Crippen molar-refractivity contribution < 1.29 is 13.9 Å². The lowest BCUT2D eigenvalue weighted by atomic mass is 10.2. The number of hydrogen-bond acceptors (Lipinski definition) is 4. The molecule has 96 valence electrons. The van der Waals surface area contributed by atoms with E-state index in [2.05, 4.69) is 11.9 Å². The zero-order chi connectivity index (χ0) is 12.5. The van der Waals surface area contributed by atoms with Gasteiger partial charge < -0.3 is 15.2 Å². The number of hydrogen-bond donors (Lipinski definition) is 1. The first kappa shape index (κ1) is 13.9. The standard InChI is InChI=1S/C12H19FN2O2/c1-2-3-6-16-7-8-17-12-11(13)10(9-14)4-5-15-12/h4-5H,2-3,6-9,14H2,1H3. The van der Waals surface area contributed by atoms with Crippen LogP contribution >= 0.6 is 0 Å². The number of ether oxygens (including phenoxy) is 2. The number of halogens is 1. The molecule has 0 aliphatic heterocycles. The van der Waals surface area contributed by atoms with Gasteiger partial charge in [-0.3, -0.25) is 0 Å². The summed E-state index contributed by atoms with van der Waals surface area (Å²) in [5.74, 6) is -0.490. The van der Waals surface area contributed by atoms with Crippen molar-refractivity contribution in [2.24, 2.45) is 5.73 Å². The highest BCUT2D eigenvalue weighted by molar-refractivity contribution is 5.23. The second-order valence-corrected chi connectivity index (χ2v) is 3.61. The van der Waals surface area contributed by atoms with Gasteiger partial charge in [-0.1, -0.05) is 13.3 Å². The van der Waals surface area contributed by atoms with Gasteiger partial charge in [-0.15, -0.1) is 0 Å². The van der Waals surface area contributed by atoms with Crippen LogP contribution in [0.3, 0.4) is 0 Å². The summed E-state index contributed by atoms with van der Waals surface area (Å²) in [5.41, 5.74) is 5.79. The molecule has 0 saturated heterocycles. The summed E-state index contributed by atoms with van der Waals surface area (Å²) >= 11 is 0. The van der Waals surface area contributed by atoms with Crippen molar-refractivity contribution in [3.05, 3.63) is 23.6 Å². The van der Waals surface area contributed by atoms with Crippen LogP contribution in [0.1, 0.15) is 25.3 Å². The first-order valence-corrected chi connectivity index (χ1v) is 5.83. The van der Waals surface area contributed by atoms with E-state index >= 15 is 0 Å². The molecule has 0 radical (unpaired) electrons. The van der Waals surface area contributed by atoms with Gasteiger partial charge in [0.05, 0.1) is 6.61 Å². The molecule has 2 N–H and O–H groups in total. The minimum Gasteiger partial charge on any atom is -0.473 e. The van der Waals surface area contributed by atoms with Crippen molar-refractivity contribution >= 4 is 0 Å². The predicted molar refractivity (Wildman–Crippen MR) is 63.3 cm³/mol. The lowest BCUT2D eigenvalue weighted by molar-refractivity contribution is 0.0948. The van der Waals surface area contributed by atoms with Gasteiger partial charge >= 0.3 is 0 Å². The molecule has 1 heterocycles. The molecular weight excluding hydrogens is 223 g/mol. The van der Waals surface area contributed by atoms with E-state index in [1.54, 1.807) is 6.07 Å². The lowest BCUT2D eigenvalue weighted by Gasteiger charge is -2.08. The van der Waals surface area contributed by atoms with Crippen LogP contribution < -0.4 is 10.5 Å². The van der Waals surface area contributed by atoms with Gasteiger partial charge in [0.25, 0.3) is 5.88 Å². The average Bonchev–Trinajstić information content (AvgIpc) is 2.35. The molecular formula is C12H19FN2O2. The van der Waals surface area contributed by atoms with Crippen LogP contribution in [-0.2, 0) is 11.3 Å². The summed E-state index contributed by atoms with van der Waals surface area (Å²) in [6.45, 7) is 3.67. The van der Waals surface area contributed by atoms with E-state index in [9.17, 15) is 4.39 Å². The molecule has 0 atom stereocenters. The Morgan fingerprint density at radius 1 is 1.35 bits per heavy atom. The maximum atomic E-state index is 13.6. The zero-order valence-electron chi connectivity index (χ0n) is 10.1. The number of rotatable bonds is 8. The summed E-state index contributed by atoms with van der Waals surface area (Å²) in [7, 11) is 0. The first-order chi connectivity index (χ1) is 8.29. The molecule has 1 aromatic rings. The summed E-state index contributed by atoms with van der Waals surface area (Å²) in [6.07, 6.45) is 3.60. The van der Waals surface area contributed by atoms with Gasteiger partial charge in [0.15, 0.2) is 5.82 Å². The Balaban J connectivity index is 2.31. The largest absolute Gasteiger partial charge is 0.473 e. The van der Waals surface area contributed by atoms with Gasteiger partial charge in [-0.05, 0) is 12.5 Å². The van der Waals surface area contributed by atoms with Gasteiger partial charge in [0, 0.05) is 24.9 Å². The van der Waals surface area contributed by atoms with Crippen molar-refractivity contribution in [3.8, 4) is 5.88 Å². The molecule has 0 aromatic carbocycles. The van der Waals surface area contributed by atoms with Crippen LogP contribution in [0.2, 0.25) is 0 Å². The third kappa shape index (κ3) is 4.66. The van der Waals surface area contributed by atoms with Crippen molar-refractivity contribution in [1.82, 2.24) is 4.98 Å². The molecule has 0 aliphatic rings. The maximum Gasteiger partial charge on any atom is 0.250 e. The number of aromatic nitrogens is 1.